The lowest BCUT2D eigenvalue weighted by molar-refractivity contribution is 0.0602. The Morgan fingerprint density at radius 3 is 2.45 bits per heavy atom. The Bertz CT molecular complexity index is 1500. The summed E-state index contributed by atoms with van der Waals surface area (Å²) >= 11 is 6.31. The summed E-state index contributed by atoms with van der Waals surface area (Å²) in [6.45, 7) is -0.0505. The molecular weight excluding hydrogens is 442 g/mol. The largest absolute Gasteiger partial charge is 0.465 e. The fourth-order valence-electron chi connectivity index (χ4n) is 3.96. The van der Waals surface area contributed by atoms with Gasteiger partial charge in [-0.2, -0.15) is 0 Å². The maximum absolute atomic E-state index is 13.7. The number of esters is 1. The molecule has 0 unspecified atom stereocenters. The average Bonchev–Trinajstić information content (AvgIpc) is 3.68. The van der Waals surface area contributed by atoms with Crippen LogP contribution in [0.3, 0.4) is 0 Å². The van der Waals surface area contributed by atoms with Crippen LogP contribution < -0.4 is 11.2 Å². The molecule has 0 bridgehead atoms. The Kier molecular flexibility index (Phi) is 5.34. The van der Waals surface area contributed by atoms with Crippen molar-refractivity contribution in [1.82, 2.24) is 14.1 Å². The summed E-state index contributed by atoms with van der Waals surface area (Å²) < 4.78 is 7.45. The molecule has 1 saturated carbocycles. The smallest absolute Gasteiger partial charge is 0.338 e. The minimum absolute atomic E-state index is 0.0433. The Morgan fingerprint density at radius 2 is 1.79 bits per heavy atom. The summed E-state index contributed by atoms with van der Waals surface area (Å²) in [5.74, 6) is -0.452. The summed E-state index contributed by atoms with van der Waals surface area (Å²) in [5.41, 5.74) is 0.905. The zero-order valence-electron chi connectivity index (χ0n) is 17.8. The van der Waals surface area contributed by atoms with Gasteiger partial charge in [-0.05, 0) is 42.7 Å². The van der Waals surface area contributed by atoms with Gasteiger partial charge in [0.05, 0.1) is 30.3 Å². The number of methoxy groups -OCH3 is 1. The van der Waals surface area contributed by atoms with Gasteiger partial charge < -0.3 is 4.74 Å². The Balaban J connectivity index is 1.90. The highest BCUT2D eigenvalue weighted by molar-refractivity contribution is 6.31. The van der Waals surface area contributed by atoms with E-state index in [0.717, 1.165) is 17.4 Å². The molecule has 0 saturated heterocycles. The first kappa shape index (κ1) is 21.2. The third-order valence-electron chi connectivity index (χ3n) is 5.81. The maximum Gasteiger partial charge on any atom is 0.338 e. The normalized spacial score (nSPS) is 13.3. The van der Waals surface area contributed by atoms with Gasteiger partial charge in [0.1, 0.15) is 0 Å². The van der Waals surface area contributed by atoms with Gasteiger partial charge in [0.15, 0.2) is 5.65 Å². The van der Waals surface area contributed by atoms with E-state index in [1.165, 1.54) is 11.7 Å². The summed E-state index contributed by atoms with van der Waals surface area (Å²) in [6, 6.07) is 17.6. The van der Waals surface area contributed by atoms with Crippen molar-refractivity contribution in [3.8, 4) is 5.69 Å². The Hall–Kier alpha value is -3.71. The van der Waals surface area contributed by atoms with Crippen molar-refractivity contribution in [2.75, 3.05) is 7.11 Å². The zero-order valence-corrected chi connectivity index (χ0v) is 18.6. The number of fused-ring (bicyclic) bond motifs is 1. The monoisotopic (exact) mass is 461 g/mol. The Morgan fingerprint density at radius 1 is 1.09 bits per heavy atom. The van der Waals surface area contributed by atoms with Gasteiger partial charge >= 0.3 is 11.7 Å². The summed E-state index contributed by atoms with van der Waals surface area (Å²) in [4.78, 5) is 44.8. The maximum atomic E-state index is 13.7. The average molecular weight is 462 g/mol. The first-order chi connectivity index (χ1) is 16.0. The van der Waals surface area contributed by atoms with E-state index in [1.807, 2.05) is 6.07 Å². The number of nitrogens with zero attached hydrogens (tertiary/aromatic N) is 3. The van der Waals surface area contributed by atoms with Gasteiger partial charge in [0, 0.05) is 16.6 Å². The van der Waals surface area contributed by atoms with Gasteiger partial charge in [-0.3, -0.25) is 9.36 Å². The minimum atomic E-state index is -0.649. The first-order valence-corrected chi connectivity index (χ1v) is 10.9. The predicted octanol–water partition coefficient (Wildman–Crippen LogP) is 3.91. The molecule has 7 nitrogen and oxygen atoms in total. The van der Waals surface area contributed by atoms with Gasteiger partial charge in [0.2, 0.25) is 0 Å². The Labute approximate surface area is 193 Å². The third kappa shape index (κ3) is 3.74. The molecule has 2 aromatic heterocycles. The lowest BCUT2D eigenvalue weighted by Gasteiger charge is -2.16. The van der Waals surface area contributed by atoms with E-state index in [0.29, 0.717) is 22.0 Å². The van der Waals surface area contributed by atoms with Crippen molar-refractivity contribution in [3.63, 3.8) is 0 Å². The van der Waals surface area contributed by atoms with Crippen LogP contribution in [-0.2, 0) is 11.3 Å². The van der Waals surface area contributed by atoms with E-state index >= 15 is 0 Å². The zero-order chi connectivity index (χ0) is 23.1. The van der Waals surface area contributed by atoms with Crippen LogP contribution in [0, 0.1) is 0 Å². The SMILES string of the molecule is COC(=O)c1cc(C2CC2)nc2c1c(=O)n(Cc1ccccc1Cl)c(=O)n2-c1ccccc1. The number of pyridine rings is 1. The summed E-state index contributed by atoms with van der Waals surface area (Å²) in [5, 5.41) is 0.479. The van der Waals surface area contributed by atoms with Crippen LogP contribution in [0.1, 0.15) is 40.4 Å². The van der Waals surface area contributed by atoms with Crippen molar-refractivity contribution in [3.05, 3.63) is 103 Å². The fraction of sp³-hybridized carbons (Fsp3) is 0.200. The number of aromatic nitrogens is 3. The number of benzene rings is 2. The molecule has 33 heavy (non-hydrogen) atoms. The van der Waals surface area contributed by atoms with Crippen LogP contribution in [-0.4, -0.2) is 27.2 Å². The molecule has 1 aliphatic carbocycles. The molecule has 1 fully saturated rings. The molecule has 0 N–H and O–H groups in total. The first-order valence-electron chi connectivity index (χ1n) is 10.6. The molecule has 5 rings (SSSR count). The van der Waals surface area contributed by atoms with Crippen LogP contribution in [0.2, 0.25) is 5.02 Å². The highest BCUT2D eigenvalue weighted by atomic mass is 35.5. The van der Waals surface area contributed by atoms with E-state index in [1.54, 1.807) is 54.6 Å². The van der Waals surface area contributed by atoms with Crippen LogP contribution in [0.4, 0.5) is 0 Å². The van der Waals surface area contributed by atoms with Gasteiger partial charge in [0.25, 0.3) is 5.56 Å². The molecule has 0 atom stereocenters. The van der Waals surface area contributed by atoms with Crippen molar-refractivity contribution in [2.24, 2.45) is 0 Å². The summed E-state index contributed by atoms with van der Waals surface area (Å²) in [7, 11) is 1.26. The minimum Gasteiger partial charge on any atom is -0.465 e. The van der Waals surface area contributed by atoms with Crippen LogP contribution in [0.5, 0.6) is 0 Å². The van der Waals surface area contributed by atoms with Gasteiger partial charge in [-0.1, -0.05) is 48.0 Å². The van der Waals surface area contributed by atoms with E-state index in [4.69, 9.17) is 21.3 Å². The van der Waals surface area contributed by atoms with Gasteiger partial charge in [-0.25, -0.2) is 19.1 Å². The number of carbonyl (C=O) groups is 1. The molecule has 0 radical (unpaired) electrons. The van der Waals surface area contributed by atoms with Crippen molar-refractivity contribution < 1.29 is 9.53 Å². The second-order valence-electron chi connectivity index (χ2n) is 8.00. The molecule has 0 amide bonds. The number of ether oxygens (including phenoxy) is 1. The summed E-state index contributed by atoms with van der Waals surface area (Å²) in [6.07, 6.45) is 1.89. The van der Waals surface area contributed by atoms with E-state index in [-0.39, 0.29) is 29.1 Å². The van der Waals surface area contributed by atoms with Crippen LogP contribution >= 0.6 is 11.6 Å². The molecule has 0 aliphatic heterocycles. The molecule has 8 heteroatoms. The second-order valence-corrected chi connectivity index (χ2v) is 8.40. The molecule has 0 spiro atoms. The number of carbonyl (C=O) groups excluding carboxylic acids is 1. The quantitative estimate of drug-likeness (QED) is 0.421. The lowest BCUT2D eigenvalue weighted by Crippen LogP contribution is -2.41. The highest BCUT2D eigenvalue weighted by Crippen LogP contribution is 2.40. The van der Waals surface area contributed by atoms with Gasteiger partial charge in [-0.15, -0.1) is 0 Å². The number of rotatable bonds is 5. The molecule has 1 aliphatic rings. The van der Waals surface area contributed by atoms with E-state index in [2.05, 4.69) is 0 Å². The standard InChI is InChI=1S/C25H20ClN3O4/c1-33-24(31)18-13-20(15-11-12-15)27-22-21(18)23(30)28(14-16-7-5-6-10-19(16)26)25(32)29(22)17-8-3-2-4-9-17/h2-10,13,15H,11-12,14H2,1H3. The number of hydrogen-bond acceptors (Lipinski definition) is 5. The van der Waals surface area contributed by atoms with Crippen LogP contribution in [0.25, 0.3) is 16.7 Å². The second kappa shape index (κ2) is 8.33. The van der Waals surface area contributed by atoms with Crippen molar-refractivity contribution in [1.29, 1.82) is 0 Å². The van der Waals surface area contributed by atoms with Crippen molar-refractivity contribution >= 4 is 28.6 Å². The van der Waals surface area contributed by atoms with E-state index in [9.17, 15) is 14.4 Å². The number of halogens is 1. The lowest BCUT2D eigenvalue weighted by atomic mass is 10.1. The molecule has 166 valence electrons. The molecule has 2 heterocycles. The topological polar surface area (TPSA) is 83.2 Å². The van der Waals surface area contributed by atoms with Crippen molar-refractivity contribution in [2.45, 2.75) is 25.3 Å². The molecule has 4 aromatic rings. The predicted molar refractivity (Wildman–Crippen MR) is 125 cm³/mol. The molecular formula is C25H20ClN3O4. The third-order valence-corrected chi connectivity index (χ3v) is 6.18. The number of para-hydroxylation sites is 1. The molecule has 2 aromatic carbocycles. The van der Waals surface area contributed by atoms with Crippen LogP contribution in [0.15, 0.2) is 70.3 Å². The fourth-order valence-corrected chi connectivity index (χ4v) is 4.16. The van der Waals surface area contributed by atoms with E-state index < -0.39 is 17.2 Å². The number of hydrogen-bond donors (Lipinski definition) is 0. The highest BCUT2D eigenvalue weighted by Gasteiger charge is 2.30.